The summed E-state index contributed by atoms with van der Waals surface area (Å²) in [5.41, 5.74) is 5.07. The minimum absolute atomic E-state index is 0.0566. The predicted molar refractivity (Wildman–Crippen MR) is 71.8 cm³/mol. The average molecular weight is 354 g/mol. The lowest BCUT2D eigenvalue weighted by molar-refractivity contribution is -0.227. The Bertz CT molecular complexity index is 479. The minimum atomic E-state index is -4.67. The first kappa shape index (κ1) is 21.2. The SMILES string of the molecule is C=CC(=O)OC(=O)OC(COC(C)=O)COP(=O)([O-])OCCN. The lowest BCUT2D eigenvalue weighted by atomic mass is 10.4. The molecule has 11 nitrogen and oxygen atoms in total. The van der Waals surface area contributed by atoms with E-state index in [0.29, 0.717) is 6.08 Å². The van der Waals surface area contributed by atoms with E-state index in [-0.39, 0.29) is 13.2 Å². The van der Waals surface area contributed by atoms with Crippen LogP contribution >= 0.6 is 7.82 Å². The number of esters is 2. The van der Waals surface area contributed by atoms with Crippen molar-refractivity contribution in [1.82, 2.24) is 0 Å². The first-order chi connectivity index (χ1) is 10.7. The van der Waals surface area contributed by atoms with Crippen molar-refractivity contribution in [3.05, 3.63) is 12.7 Å². The van der Waals surface area contributed by atoms with Crippen LogP contribution in [0.25, 0.3) is 0 Å². The third-order valence-corrected chi connectivity index (χ3v) is 2.84. The Balaban J connectivity index is 4.58. The molecule has 0 rings (SSSR count). The van der Waals surface area contributed by atoms with Gasteiger partial charge in [0.1, 0.15) is 6.61 Å². The molecule has 0 fully saturated rings. The molecule has 0 aromatic heterocycles. The predicted octanol–water partition coefficient (Wildman–Crippen LogP) is -0.756. The highest BCUT2D eigenvalue weighted by atomic mass is 31.2. The molecule has 132 valence electrons. The maximum absolute atomic E-state index is 11.3. The number of hydrogen-bond acceptors (Lipinski definition) is 11. The normalized spacial score (nSPS) is 14.2. The summed E-state index contributed by atoms with van der Waals surface area (Å²) in [5.74, 6) is -1.79. The second kappa shape index (κ2) is 10.9. The van der Waals surface area contributed by atoms with Crippen LogP contribution in [-0.4, -0.2) is 50.6 Å². The van der Waals surface area contributed by atoms with Gasteiger partial charge in [-0.2, -0.15) is 0 Å². The molecule has 2 unspecified atom stereocenters. The zero-order valence-corrected chi connectivity index (χ0v) is 13.2. The third-order valence-electron chi connectivity index (χ3n) is 1.87. The second-order valence-electron chi connectivity index (χ2n) is 3.78. The van der Waals surface area contributed by atoms with Gasteiger partial charge >= 0.3 is 18.1 Å². The van der Waals surface area contributed by atoms with Gasteiger partial charge in [0.05, 0.1) is 13.2 Å². The van der Waals surface area contributed by atoms with Gasteiger partial charge in [-0.25, -0.2) is 9.59 Å². The van der Waals surface area contributed by atoms with Gasteiger partial charge in [-0.1, -0.05) is 6.58 Å². The number of nitrogens with two attached hydrogens (primary N) is 1. The summed E-state index contributed by atoms with van der Waals surface area (Å²) >= 11 is 0. The van der Waals surface area contributed by atoms with E-state index in [0.717, 1.165) is 6.92 Å². The molecule has 0 bridgehead atoms. The van der Waals surface area contributed by atoms with Gasteiger partial charge in [-0.05, 0) is 0 Å². The van der Waals surface area contributed by atoms with Crippen LogP contribution < -0.4 is 10.6 Å². The molecule has 12 heteroatoms. The highest BCUT2D eigenvalue weighted by molar-refractivity contribution is 7.45. The Labute approximate surface area is 131 Å². The molecule has 0 aliphatic carbocycles. The largest absolute Gasteiger partial charge is 0.756 e. The number of hydrogen-bond donors (Lipinski definition) is 1. The van der Waals surface area contributed by atoms with Crippen molar-refractivity contribution in [1.29, 1.82) is 0 Å². The maximum atomic E-state index is 11.3. The highest BCUT2D eigenvalue weighted by Crippen LogP contribution is 2.38. The van der Waals surface area contributed by atoms with E-state index in [9.17, 15) is 23.8 Å². The smallest absolute Gasteiger partial charge is 0.516 e. The van der Waals surface area contributed by atoms with E-state index >= 15 is 0 Å². The van der Waals surface area contributed by atoms with Crippen LogP contribution in [0.4, 0.5) is 4.79 Å². The maximum Gasteiger partial charge on any atom is 0.516 e. The summed E-state index contributed by atoms with van der Waals surface area (Å²) in [7, 11) is -4.67. The lowest BCUT2D eigenvalue weighted by Crippen LogP contribution is -2.31. The quantitative estimate of drug-likeness (QED) is 0.227. The monoisotopic (exact) mass is 354 g/mol. The lowest BCUT2D eigenvalue weighted by Gasteiger charge is -2.25. The van der Waals surface area contributed by atoms with Gasteiger partial charge in [0.25, 0.3) is 7.82 Å². The second-order valence-corrected chi connectivity index (χ2v) is 5.19. The van der Waals surface area contributed by atoms with Crippen LogP contribution in [-0.2, 0) is 37.4 Å². The molecule has 0 heterocycles. The first-order valence-corrected chi connectivity index (χ1v) is 7.64. The summed E-state index contributed by atoms with van der Waals surface area (Å²) in [4.78, 5) is 44.1. The molecule has 0 saturated heterocycles. The Morgan fingerprint density at radius 2 is 1.96 bits per heavy atom. The highest BCUT2D eigenvalue weighted by Gasteiger charge is 2.22. The molecule has 0 aromatic carbocycles. The summed E-state index contributed by atoms with van der Waals surface area (Å²) in [5, 5.41) is 0. The van der Waals surface area contributed by atoms with Crippen LogP contribution in [0.15, 0.2) is 12.7 Å². The van der Waals surface area contributed by atoms with Crippen LogP contribution in [0.2, 0.25) is 0 Å². The van der Waals surface area contributed by atoms with E-state index in [1.54, 1.807) is 0 Å². The van der Waals surface area contributed by atoms with Gasteiger partial charge in [-0.3, -0.25) is 9.36 Å². The van der Waals surface area contributed by atoms with Gasteiger partial charge in [0.2, 0.25) is 0 Å². The van der Waals surface area contributed by atoms with Crippen LogP contribution in [0.3, 0.4) is 0 Å². The van der Waals surface area contributed by atoms with Crippen molar-refractivity contribution < 1.29 is 47.1 Å². The Morgan fingerprint density at radius 3 is 2.48 bits per heavy atom. The van der Waals surface area contributed by atoms with E-state index < -0.39 is 45.2 Å². The fourth-order valence-corrected chi connectivity index (χ4v) is 1.74. The average Bonchev–Trinajstić information content (AvgIpc) is 2.47. The zero-order valence-electron chi connectivity index (χ0n) is 12.3. The standard InChI is InChI=1S/C11H18NO10P/c1-3-10(14)22-11(15)21-9(6-18-8(2)13)7-20-23(16,17)19-5-4-12/h3,9H,1,4-7,12H2,2H3,(H,16,17)/p-1. The van der Waals surface area contributed by atoms with Gasteiger partial charge in [0.15, 0.2) is 6.10 Å². The molecule has 23 heavy (non-hydrogen) atoms. The molecule has 0 aliphatic rings. The Morgan fingerprint density at radius 1 is 1.30 bits per heavy atom. The van der Waals surface area contributed by atoms with Gasteiger partial charge in [0, 0.05) is 19.5 Å². The van der Waals surface area contributed by atoms with Crippen LogP contribution in [0, 0.1) is 0 Å². The van der Waals surface area contributed by atoms with E-state index in [1.165, 1.54) is 0 Å². The summed E-state index contributed by atoms with van der Waals surface area (Å²) in [6.07, 6.45) is -2.09. The van der Waals surface area contributed by atoms with Crippen LogP contribution in [0.1, 0.15) is 6.92 Å². The van der Waals surface area contributed by atoms with Crippen molar-refractivity contribution in [3.8, 4) is 0 Å². The molecule has 0 amide bonds. The van der Waals surface area contributed by atoms with Crippen molar-refractivity contribution in [2.45, 2.75) is 13.0 Å². The molecule has 0 spiro atoms. The number of phosphoric ester groups is 1. The molecule has 0 aromatic rings. The first-order valence-electron chi connectivity index (χ1n) is 6.18. The fourth-order valence-electron chi connectivity index (χ4n) is 0.987. The molecule has 0 radical (unpaired) electrons. The number of phosphoric acid groups is 1. The van der Waals surface area contributed by atoms with E-state index in [1.807, 2.05) is 0 Å². The third kappa shape index (κ3) is 11.4. The zero-order chi connectivity index (χ0) is 17.9. The van der Waals surface area contributed by atoms with Crippen molar-refractivity contribution in [2.75, 3.05) is 26.4 Å². The molecule has 0 aliphatic heterocycles. The number of carbonyl (C=O) groups is 3. The van der Waals surface area contributed by atoms with E-state index in [2.05, 4.69) is 29.8 Å². The Hall–Kier alpha value is -1.78. The number of rotatable bonds is 10. The van der Waals surface area contributed by atoms with Crippen LogP contribution in [0.5, 0.6) is 0 Å². The summed E-state index contributed by atoms with van der Waals surface area (Å²) in [6.45, 7) is 2.55. The van der Waals surface area contributed by atoms with Crippen molar-refractivity contribution >= 4 is 25.9 Å². The topological polar surface area (TPSA) is 164 Å². The minimum Gasteiger partial charge on any atom is -0.756 e. The van der Waals surface area contributed by atoms with E-state index in [4.69, 9.17) is 5.73 Å². The fraction of sp³-hybridized carbons (Fsp3) is 0.545. The molecule has 2 N–H and O–H groups in total. The molecule has 2 atom stereocenters. The summed E-state index contributed by atoms with van der Waals surface area (Å²) < 4.78 is 33.4. The van der Waals surface area contributed by atoms with Crippen molar-refractivity contribution in [2.24, 2.45) is 5.73 Å². The van der Waals surface area contributed by atoms with Crippen molar-refractivity contribution in [3.63, 3.8) is 0 Å². The van der Waals surface area contributed by atoms with Gasteiger partial charge < -0.3 is 33.9 Å². The molecular weight excluding hydrogens is 337 g/mol. The Kier molecular flexibility index (Phi) is 10.0. The summed E-state index contributed by atoms with van der Waals surface area (Å²) in [6, 6.07) is 0. The molecular formula is C11H17NO10P-. The number of ether oxygens (including phenoxy) is 3. The van der Waals surface area contributed by atoms with Gasteiger partial charge in [-0.15, -0.1) is 0 Å². The number of carbonyl (C=O) groups excluding carboxylic acids is 3. The molecule has 0 saturated carbocycles.